The van der Waals surface area contributed by atoms with Gasteiger partial charge in [-0.1, -0.05) is 32.1 Å². The Labute approximate surface area is 135 Å². The molecule has 5 heteroatoms. The molecule has 2 aromatic rings. The van der Waals surface area contributed by atoms with E-state index in [2.05, 4.69) is 4.98 Å². The molecule has 1 aromatic carbocycles. The topological polar surface area (TPSA) is 80.9 Å². The molecule has 1 amide bonds. The number of amides is 1. The number of hydrogen-bond acceptors (Lipinski definition) is 2. The van der Waals surface area contributed by atoms with Crippen LogP contribution in [0.2, 0.25) is 0 Å². The van der Waals surface area contributed by atoms with E-state index in [1.54, 1.807) is 28.8 Å². The van der Waals surface area contributed by atoms with E-state index in [4.69, 9.17) is 5.73 Å². The highest BCUT2D eigenvalue weighted by Crippen LogP contribution is 2.28. The molecule has 1 aliphatic rings. The van der Waals surface area contributed by atoms with Gasteiger partial charge in [0.15, 0.2) is 0 Å². The second-order valence-corrected chi connectivity index (χ2v) is 6.41. The van der Waals surface area contributed by atoms with Gasteiger partial charge in [-0.3, -0.25) is 9.36 Å². The molecule has 23 heavy (non-hydrogen) atoms. The number of benzene rings is 1. The number of aromatic nitrogens is 2. The lowest BCUT2D eigenvalue weighted by Crippen LogP contribution is -2.15. The molecule has 122 valence electrons. The summed E-state index contributed by atoms with van der Waals surface area (Å²) in [6.07, 6.45) is 10.6. The van der Waals surface area contributed by atoms with Gasteiger partial charge in [-0.25, -0.2) is 4.79 Å². The molecule has 1 aromatic heterocycles. The van der Waals surface area contributed by atoms with Gasteiger partial charge in [0.1, 0.15) is 0 Å². The Morgan fingerprint density at radius 2 is 1.91 bits per heavy atom. The first-order valence-electron chi connectivity index (χ1n) is 8.34. The second-order valence-electron chi connectivity index (χ2n) is 6.41. The zero-order chi connectivity index (χ0) is 16.2. The smallest absolute Gasteiger partial charge is 0.330 e. The highest BCUT2D eigenvalue weighted by atomic mass is 16.1. The number of nitrogens with zero attached hydrogens (tertiary/aromatic N) is 1. The minimum Gasteiger partial charge on any atom is -0.366 e. The highest BCUT2D eigenvalue weighted by molar-refractivity contribution is 5.92. The fraction of sp³-hybridized carbons (Fsp3) is 0.444. The number of rotatable bonds is 6. The van der Waals surface area contributed by atoms with Crippen LogP contribution in [0.4, 0.5) is 0 Å². The number of carbonyl (C=O) groups excluding carboxylic acids is 1. The number of aromatic amines is 1. The fourth-order valence-corrected chi connectivity index (χ4v) is 3.43. The van der Waals surface area contributed by atoms with Crippen LogP contribution in [0.15, 0.2) is 35.3 Å². The molecular formula is C18H23N3O2. The van der Waals surface area contributed by atoms with Crippen LogP contribution in [-0.2, 0) is 6.42 Å². The van der Waals surface area contributed by atoms with Crippen LogP contribution in [0.3, 0.4) is 0 Å². The van der Waals surface area contributed by atoms with Gasteiger partial charge >= 0.3 is 5.69 Å². The monoisotopic (exact) mass is 313 g/mol. The van der Waals surface area contributed by atoms with Crippen LogP contribution >= 0.6 is 0 Å². The first kappa shape index (κ1) is 15.6. The fourth-order valence-electron chi connectivity index (χ4n) is 3.43. The molecule has 0 radical (unpaired) electrons. The van der Waals surface area contributed by atoms with E-state index in [0.717, 1.165) is 30.1 Å². The molecular weight excluding hydrogens is 290 g/mol. The van der Waals surface area contributed by atoms with E-state index >= 15 is 0 Å². The molecule has 1 saturated carbocycles. The van der Waals surface area contributed by atoms with Gasteiger partial charge in [0.05, 0.1) is 5.69 Å². The third kappa shape index (κ3) is 3.73. The van der Waals surface area contributed by atoms with Crippen molar-refractivity contribution in [3.63, 3.8) is 0 Å². The second kappa shape index (κ2) is 6.86. The lowest BCUT2D eigenvalue weighted by Gasteiger charge is -2.06. The normalized spacial score (nSPS) is 15.1. The van der Waals surface area contributed by atoms with Crippen molar-refractivity contribution < 1.29 is 4.79 Å². The average Bonchev–Trinajstić information content (AvgIpc) is 3.17. The maximum atomic E-state index is 12.1. The number of aryl methyl sites for hydroxylation is 1. The molecule has 0 unspecified atom stereocenters. The Hall–Kier alpha value is -2.30. The van der Waals surface area contributed by atoms with E-state index in [1.807, 2.05) is 6.20 Å². The molecule has 3 rings (SSSR count). The first-order chi connectivity index (χ1) is 11.1. The molecule has 5 nitrogen and oxygen atoms in total. The lowest BCUT2D eigenvalue weighted by molar-refractivity contribution is 0.100. The third-order valence-electron chi connectivity index (χ3n) is 4.73. The van der Waals surface area contributed by atoms with Gasteiger partial charge in [-0.05, 0) is 43.0 Å². The molecule has 0 atom stereocenters. The Morgan fingerprint density at radius 3 is 2.57 bits per heavy atom. The molecule has 1 fully saturated rings. The third-order valence-corrected chi connectivity index (χ3v) is 4.73. The van der Waals surface area contributed by atoms with Gasteiger partial charge in [-0.2, -0.15) is 0 Å². The van der Waals surface area contributed by atoms with Crippen LogP contribution in [0.25, 0.3) is 5.69 Å². The van der Waals surface area contributed by atoms with E-state index in [1.165, 1.54) is 32.1 Å². The Bertz CT molecular complexity index is 721. The van der Waals surface area contributed by atoms with Crippen molar-refractivity contribution in [2.24, 2.45) is 11.7 Å². The maximum absolute atomic E-state index is 12.1. The van der Waals surface area contributed by atoms with Crippen molar-refractivity contribution in [1.82, 2.24) is 9.55 Å². The first-order valence-corrected chi connectivity index (χ1v) is 8.34. The number of nitrogens with one attached hydrogen (secondary N) is 1. The van der Waals surface area contributed by atoms with E-state index in [-0.39, 0.29) is 5.69 Å². The number of H-pyrrole nitrogens is 1. The average molecular weight is 313 g/mol. The molecule has 0 saturated heterocycles. The zero-order valence-corrected chi connectivity index (χ0v) is 13.3. The summed E-state index contributed by atoms with van der Waals surface area (Å²) in [5.41, 5.74) is 7.22. The molecule has 0 aliphatic heterocycles. The minimum absolute atomic E-state index is 0.146. The largest absolute Gasteiger partial charge is 0.366 e. The summed E-state index contributed by atoms with van der Waals surface area (Å²) in [5.74, 6) is 0.413. The van der Waals surface area contributed by atoms with Crippen LogP contribution in [-0.4, -0.2) is 15.5 Å². The van der Waals surface area contributed by atoms with E-state index in [9.17, 15) is 9.59 Å². The quantitative estimate of drug-likeness (QED) is 0.860. The Kier molecular flexibility index (Phi) is 4.65. The number of nitrogens with two attached hydrogens (primary N) is 1. The highest BCUT2D eigenvalue weighted by Gasteiger charge is 2.14. The standard InChI is InChI=1S/C18H23N3O2/c19-17(22)14-8-10-16(11-9-14)21-12-15(20-18(21)23)7-3-6-13-4-1-2-5-13/h8-13H,1-7H2,(H2,19,22)(H,20,23). The number of carbonyl (C=O) groups is 1. The number of primary amides is 1. The van der Waals surface area contributed by atoms with Crippen molar-refractivity contribution in [3.8, 4) is 5.69 Å². The maximum Gasteiger partial charge on any atom is 0.330 e. The molecule has 0 bridgehead atoms. The van der Waals surface area contributed by atoms with Crippen LogP contribution in [0.5, 0.6) is 0 Å². The van der Waals surface area contributed by atoms with Crippen LogP contribution in [0.1, 0.15) is 54.6 Å². The number of imidazole rings is 1. The van der Waals surface area contributed by atoms with Gasteiger partial charge in [0, 0.05) is 17.5 Å². The summed E-state index contributed by atoms with van der Waals surface area (Å²) in [4.78, 5) is 26.1. The summed E-state index contributed by atoms with van der Waals surface area (Å²) in [7, 11) is 0. The minimum atomic E-state index is -0.467. The molecule has 1 aliphatic carbocycles. The Morgan fingerprint density at radius 1 is 1.22 bits per heavy atom. The van der Waals surface area contributed by atoms with Gasteiger partial charge in [0.2, 0.25) is 5.91 Å². The Balaban J connectivity index is 1.65. The lowest BCUT2D eigenvalue weighted by atomic mass is 10.0. The van der Waals surface area contributed by atoms with Crippen molar-refractivity contribution in [1.29, 1.82) is 0 Å². The summed E-state index contributed by atoms with van der Waals surface area (Å²) < 4.78 is 1.58. The molecule has 0 spiro atoms. The van der Waals surface area contributed by atoms with Crippen molar-refractivity contribution in [2.75, 3.05) is 0 Å². The van der Waals surface area contributed by atoms with Crippen LogP contribution < -0.4 is 11.4 Å². The predicted molar refractivity (Wildman–Crippen MR) is 89.8 cm³/mol. The van der Waals surface area contributed by atoms with Crippen molar-refractivity contribution >= 4 is 5.91 Å². The SMILES string of the molecule is NC(=O)c1ccc(-n2cc(CCCC3CCCC3)[nH]c2=O)cc1. The predicted octanol–water partition coefficient (Wildman–Crippen LogP) is 2.78. The van der Waals surface area contributed by atoms with Crippen LogP contribution in [0, 0.1) is 5.92 Å². The molecule has 3 N–H and O–H groups in total. The van der Waals surface area contributed by atoms with Gasteiger partial charge < -0.3 is 10.7 Å². The van der Waals surface area contributed by atoms with Crippen molar-refractivity contribution in [3.05, 3.63) is 52.2 Å². The summed E-state index contributed by atoms with van der Waals surface area (Å²) in [6, 6.07) is 6.74. The molecule has 1 heterocycles. The summed E-state index contributed by atoms with van der Waals surface area (Å²) >= 11 is 0. The van der Waals surface area contributed by atoms with Gasteiger partial charge in [-0.15, -0.1) is 0 Å². The summed E-state index contributed by atoms with van der Waals surface area (Å²) in [6.45, 7) is 0. The van der Waals surface area contributed by atoms with E-state index < -0.39 is 5.91 Å². The van der Waals surface area contributed by atoms with E-state index in [0.29, 0.717) is 5.56 Å². The number of hydrogen-bond donors (Lipinski definition) is 2. The summed E-state index contributed by atoms with van der Waals surface area (Å²) in [5, 5.41) is 0. The van der Waals surface area contributed by atoms with Crippen molar-refractivity contribution in [2.45, 2.75) is 44.9 Å². The zero-order valence-electron chi connectivity index (χ0n) is 13.3. The van der Waals surface area contributed by atoms with Gasteiger partial charge in [0.25, 0.3) is 0 Å².